The third-order valence-corrected chi connectivity index (χ3v) is 1.74. The Balaban J connectivity index is 4.38. The van der Waals surface area contributed by atoms with E-state index in [0.29, 0.717) is 0 Å². The standard InChI is InChI=1S/C5H10N2OS/c1-5(2,3(6)8)4(7)9/h1-2H3,(H2,6,8)(H2,7,9). The minimum atomic E-state index is -0.852. The number of hydrogen-bond acceptors (Lipinski definition) is 2. The Morgan fingerprint density at radius 2 is 1.78 bits per heavy atom. The molecular weight excluding hydrogens is 136 g/mol. The van der Waals surface area contributed by atoms with Crippen LogP contribution >= 0.6 is 12.2 Å². The van der Waals surface area contributed by atoms with E-state index in [1.165, 1.54) is 0 Å². The van der Waals surface area contributed by atoms with Gasteiger partial charge in [-0.3, -0.25) is 4.79 Å². The molecule has 9 heavy (non-hydrogen) atoms. The predicted octanol–water partition coefficient (Wildman–Crippen LogP) is -0.216. The van der Waals surface area contributed by atoms with Crippen LogP contribution in [0.3, 0.4) is 0 Å². The molecule has 3 nitrogen and oxygen atoms in total. The van der Waals surface area contributed by atoms with Crippen LogP contribution in [0.15, 0.2) is 0 Å². The Bertz CT molecular complexity index is 137. The van der Waals surface area contributed by atoms with E-state index in [4.69, 9.17) is 11.5 Å². The first-order chi connectivity index (χ1) is 3.89. The van der Waals surface area contributed by atoms with E-state index in [-0.39, 0.29) is 4.99 Å². The van der Waals surface area contributed by atoms with E-state index >= 15 is 0 Å². The molecule has 4 heteroatoms. The minimum absolute atomic E-state index is 0.134. The first-order valence-corrected chi connectivity index (χ1v) is 2.89. The Morgan fingerprint density at radius 3 is 1.78 bits per heavy atom. The van der Waals surface area contributed by atoms with Crippen molar-refractivity contribution in [3.8, 4) is 0 Å². The molecule has 0 saturated carbocycles. The lowest BCUT2D eigenvalue weighted by Gasteiger charge is -2.17. The first-order valence-electron chi connectivity index (χ1n) is 2.49. The maximum atomic E-state index is 10.5. The zero-order chi connectivity index (χ0) is 7.65. The highest BCUT2D eigenvalue weighted by Gasteiger charge is 2.27. The van der Waals surface area contributed by atoms with E-state index in [2.05, 4.69) is 12.2 Å². The average Bonchev–Trinajstić information content (AvgIpc) is 1.65. The van der Waals surface area contributed by atoms with E-state index in [0.717, 1.165) is 0 Å². The molecule has 0 aliphatic heterocycles. The van der Waals surface area contributed by atoms with Crippen LogP contribution < -0.4 is 11.5 Å². The van der Waals surface area contributed by atoms with Gasteiger partial charge in [0.15, 0.2) is 0 Å². The monoisotopic (exact) mass is 146 g/mol. The molecule has 0 atom stereocenters. The molecule has 4 N–H and O–H groups in total. The molecule has 0 radical (unpaired) electrons. The van der Waals surface area contributed by atoms with Crippen molar-refractivity contribution in [1.29, 1.82) is 0 Å². The van der Waals surface area contributed by atoms with Gasteiger partial charge in [0.1, 0.15) is 0 Å². The van der Waals surface area contributed by atoms with Gasteiger partial charge in [0, 0.05) is 0 Å². The van der Waals surface area contributed by atoms with Crippen molar-refractivity contribution < 1.29 is 4.79 Å². The van der Waals surface area contributed by atoms with Gasteiger partial charge < -0.3 is 11.5 Å². The van der Waals surface area contributed by atoms with Gasteiger partial charge in [0.05, 0.1) is 10.4 Å². The largest absolute Gasteiger partial charge is 0.392 e. The lowest BCUT2D eigenvalue weighted by atomic mass is 9.93. The highest BCUT2D eigenvalue weighted by molar-refractivity contribution is 7.80. The number of rotatable bonds is 2. The summed E-state index contributed by atoms with van der Waals surface area (Å²) in [6, 6.07) is 0. The van der Waals surface area contributed by atoms with E-state index in [1.807, 2.05) is 0 Å². The van der Waals surface area contributed by atoms with Gasteiger partial charge in [-0.1, -0.05) is 12.2 Å². The molecule has 0 rings (SSSR count). The van der Waals surface area contributed by atoms with Gasteiger partial charge in [-0.2, -0.15) is 0 Å². The zero-order valence-electron chi connectivity index (χ0n) is 5.47. The number of nitrogens with two attached hydrogens (primary N) is 2. The van der Waals surface area contributed by atoms with Gasteiger partial charge in [-0.05, 0) is 13.8 Å². The maximum absolute atomic E-state index is 10.5. The van der Waals surface area contributed by atoms with Crippen LogP contribution in [-0.2, 0) is 4.79 Å². The Morgan fingerprint density at radius 1 is 1.44 bits per heavy atom. The molecule has 0 aliphatic carbocycles. The molecule has 0 saturated heterocycles. The quantitative estimate of drug-likeness (QED) is 0.529. The molecule has 0 aromatic carbocycles. The van der Waals surface area contributed by atoms with Crippen LogP contribution in [0.5, 0.6) is 0 Å². The number of thiocarbonyl (C=S) groups is 1. The molecule has 0 unspecified atom stereocenters. The zero-order valence-corrected chi connectivity index (χ0v) is 6.29. The van der Waals surface area contributed by atoms with Crippen LogP contribution in [0.1, 0.15) is 13.8 Å². The van der Waals surface area contributed by atoms with Crippen LogP contribution in [0.2, 0.25) is 0 Å². The number of carbonyl (C=O) groups excluding carboxylic acids is 1. The van der Waals surface area contributed by atoms with E-state index < -0.39 is 11.3 Å². The molecule has 0 aromatic heterocycles. The highest BCUT2D eigenvalue weighted by Crippen LogP contribution is 2.13. The second kappa shape index (κ2) is 2.31. The number of primary amides is 1. The Labute approximate surface area is 59.4 Å². The van der Waals surface area contributed by atoms with Gasteiger partial charge in [-0.15, -0.1) is 0 Å². The van der Waals surface area contributed by atoms with Crippen LogP contribution in [0.25, 0.3) is 0 Å². The summed E-state index contributed by atoms with van der Waals surface area (Å²) in [7, 11) is 0. The second-order valence-electron chi connectivity index (χ2n) is 2.35. The average molecular weight is 146 g/mol. The summed E-state index contributed by atoms with van der Waals surface area (Å²) in [5, 5.41) is 0. The third-order valence-electron chi connectivity index (χ3n) is 1.23. The number of carbonyl (C=O) groups is 1. The SMILES string of the molecule is CC(C)(C(N)=O)C(N)=S. The molecule has 52 valence electrons. The molecule has 0 spiro atoms. The Kier molecular flexibility index (Phi) is 2.14. The summed E-state index contributed by atoms with van der Waals surface area (Å²) in [5.74, 6) is -0.491. The summed E-state index contributed by atoms with van der Waals surface area (Å²) < 4.78 is 0. The summed E-state index contributed by atoms with van der Waals surface area (Å²) in [6.45, 7) is 3.19. The fourth-order valence-electron chi connectivity index (χ4n) is 0.121. The van der Waals surface area contributed by atoms with E-state index in [1.54, 1.807) is 13.8 Å². The topological polar surface area (TPSA) is 69.1 Å². The summed E-state index contributed by atoms with van der Waals surface area (Å²) in [6.07, 6.45) is 0. The molecule has 0 aliphatic rings. The first kappa shape index (κ1) is 8.36. The minimum Gasteiger partial charge on any atom is -0.392 e. The van der Waals surface area contributed by atoms with Crippen molar-refractivity contribution in [2.24, 2.45) is 16.9 Å². The smallest absolute Gasteiger partial charge is 0.229 e. The summed E-state index contributed by atoms with van der Waals surface area (Å²) >= 11 is 4.58. The summed E-state index contributed by atoms with van der Waals surface area (Å²) in [4.78, 5) is 10.7. The molecule has 0 heterocycles. The lowest BCUT2D eigenvalue weighted by Crippen LogP contribution is -2.41. The second-order valence-corrected chi connectivity index (χ2v) is 2.79. The highest BCUT2D eigenvalue weighted by atomic mass is 32.1. The summed E-state index contributed by atoms with van der Waals surface area (Å²) in [5.41, 5.74) is 9.31. The molecule has 0 bridgehead atoms. The normalized spacial score (nSPS) is 10.9. The lowest BCUT2D eigenvalue weighted by molar-refractivity contribution is -0.122. The van der Waals surface area contributed by atoms with Gasteiger partial charge in [0.2, 0.25) is 5.91 Å². The van der Waals surface area contributed by atoms with Crippen LogP contribution in [-0.4, -0.2) is 10.9 Å². The third kappa shape index (κ3) is 1.64. The van der Waals surface area contributed by atoms with Crippen molar-refractivity contribution in [2.45, 2.75) is 13.8 Å². The fourth-order valence-corrected chi connectivity index (χ4v) is 0.222. The molecule has 0 aromatic rings. The molecule has 1 amide bonds. The predicted molar refractivity (Wildman–Crippen MR) is 39.8 cm³/mol. The molecular formula is C5H10N2OS. The van der Waals surface area contributed by atoms with Crippen molar-refractivity contribution in [2.75, 3.05) is 0 Å². The number of hydrogen-bond donors (Lipinski definition) is 2. The van der Waals surface area contributed by atoms with Crippen LogP contribution in [0, 0.1) is 5.41 Å². The number of amides is 1. The fraction of sp³-hybridized carbons (Fsp3) is 0.600. The van der Waals surface area contributed by atoms with Crippen LogP contribution in [0.4, 0.5) is 0 Å². The van der Waals surface area contributed by atoms with Crippen molar-refractivity contribution >= 4 is 23.1 Å². The van der Waals surface area contributed by atoms with Gasteiger partial charge in [0.25, 0.3) is 0 Å². The van der Waals surface area contributed by atoms with Gasteiger partial charge >= 0.3 is 0 Å². The Hall–Kier alpha value is -0.640. The van der Waals surface area contributed by atoms with Crippen molar-refractivity contribution in [1.82, 2.24) is 0 Å². The maximum Gasteiger partial charge on any atom is 0.229 e. The van der Waals surface area contributed by atoms with E-state index in [9.17, 15) is 4.79 Å². The molecule has 0 fully saturated rings. The van der Waals surface area contributed by atoms with Gasteiger partial charge in [-0.25, -0.2) is 0 Å². The van der Waals surface area contributed by atoms with Crippen molar-refractivity contribution in [3.05, 3.63) is 0 Å². The van der Waals surface area contributed by atoms with Crippen molar-refractivity contribution in [3.63, 3.8) is 0 Å².